The maximum atomic E-state index is 13.9. The van der Waals surface area contributed by atoms with E-state index in [1.807, 2.05) is 34.6 Å². The standard InChI is InChI=1S/C26H43N3O5/c1-9-10-15-29(22(23(31)27-18(4)5)19-13-11-12-14-21(19)30)24(32)20(16-17(2)3)28-25(33)34-26(6,7)8/h11-14,17-18,20,22,30H,9-10,15-16H2,1-8H3,(H,27,31)(H,28,33). The minimum atomic E-state index is -1.04. The van der Waals surface area contributed by atoms with Crippen LogP contribution in [0.3, 0.4) is 0 Å². The first kappa shape index (κ1) is 29.3. The Bertz CT molecular complexity index is 817. The average Bonchev–Trinajstić information content (AvgIpc) is 2.68. The number of nitrogens with one attached hydrogen (secondary N) is 2. The van der Waals surface area contributed by atoms with Crippen molar-refractivity contribution in [1.29, 1.82) is 0 Å². The second-order valence-corrected chi connectivity index (χ2v) is 10.3. The molecule has 0 aliphatic carbocycles. The Morgan fingerprint density at radius 1 is 1.06 bits per heavy atom. The summed E-state index contributed by atoms with van der Waals surface area (Å²) in [6, 6.07) is 4.45. The van der Waals surface area contributed by atoms with Gasteiger partial charge in [0.15, 0.2) is 0 Å². The van der Waals surface area contributed by atoms with Gasteiger partial charge in [-0.2, -0.15) is 0 Å². The number of phenolic OH excluding ortho intramolecular Hbond substituents is 1. The first-order chi connectivity index (χ1) is 15.8. The lowest BCUT2D eigenvalue weighted by Gasteiger charge is -2.35. The summed E-state index contributed by atoms with van der Waals surface area (Å²) in [4.78, 5) is 41.3. The number of carbonyl (C=O) groups is 3. The second kappa shape index (κ2) is 13.2. The SMILES string of the molecule is CCCCN(C(=O)C(CC(C)C)NC(=O)OC(C)(C)C)C(C(=O)NC(C)C)c1ccccc1O. The van der Waals surface area contributed by atoms with Crippen LogP contribution >= 0.6 is 0 Å². The molecule has 192 valence electrons. The summed E-state index contributed by atoms with van der Waals surface area (Å²) in [5.74, 6) is -0.743. The van der Waals surface area contributed by atoms with Gasteiger partial charge in [0.25, 0.3) is 0 Å². The summed E-state index contributed by atoms with van der Waals surface area (Å²) in [6.07, 6.45) is 1.15. The monoisotopic (exact) mass is 477 g/mol. The molecule has 2 atom stereocenters. The Morgan fingerprint density at radius 3 is 2.18 bits per heavy atom. The first-order valence-electron chi connectivity index (χ1n) is 12.1. The van der Waals surface area contributed by atoms with Gasteiger partial charge in [-0.3, -0.25) is 9.59 Å². The van der Waals surface area contributed by atoms with Crippen molar-refractivity contribution >= 4 is 17.9 Å². The molecule has 0 bridgehead atoms. The van der Waals surface area contributed by atoms with Crippen LogP contribution in [0.2, 0.25) is 0 Å². The number of para-hydroxylation sites is 1. The van der Waals surface area contributed by atoms with Crippen LogP contribution < -0.4 is 10.6 Å². The fraction of sp³-hybridized carbons (Fsp3) is 0.654. The zero-order valence-electron chi connectivity index (χ0n) is 22.0. The largest absolute Gasteiger partial charge is 0.508 e. The highest BCUT2D eigenvalue weighted by Gasteiger charge is 2.37. The molecule has 0 saturated heterocycles. The van der Waals surface area contributed by atoms with Crippen LogP contribution in [0.25, 0.3) is 0 Å². The van der Waals surface area contributed by atoms with Crippen LogP contribution in [-0.2, 0) is 14.3 Å². The molecule has 0 fully saturated rings. The summed E-state index contributed by atoms with van der Waals surface area (Å²) < 4.78 is 5.39. The van der Waals surface area contributed by atoms with Gasteiger partial charge in [-0.1, -0.05) is 45.4 Å². The van der Waals surface area contributed by atoms with Gasteiger partial charge in [0.1, 0.15) is 23.4 Å². The molecule has 0 radical (unpaired) electrons. The lowest BCUT2D eigenvalue weighted by Crippen LogP contribution is -2.54. The molecule has 0 aliphatic rings. The molecule has 8 heteroatoms. The molecule has 0 spiro atoms. The van der Waals surface area contributed by atoms with Crippen molar-refractivity contribution in [2.75, 3.05) is 6.54 Å². The highest BCUT2D eigenvalue weighted by Crippen LogP contribution is 2.30. The van der Waals surface area contributed by atoms with Crippen LogP contribution in [0.15, 0.2) is 24.3 Å². The third kappa shape index (κ3) is 9.61. The number of nitrogens with zero attached hydrogens (tertiary/aromatic N) is 1. The normalized spacial score (nSPS) is 13.4. The van der Waals surface area contributed by atoms with Crippen molar-refractivity contribution in [3.8, 4) is 5.75 Å². The van der Waals surface area contributed by atoms with Gasteiger partial charge in [-0.25, -0.2) is 4.79 Å². The van der Waals surface area contributed by atoms with Crippen molar-refractivity contribution in [1.82, 2.24) is 15.5 Å². The molecule has 1 rings (SSSR count). The average molecular weight is 478 g/mol. The van der Waals surface area contributed by atoms with Gasteiger partial charge >= 0.3 is 6.09 Å². The summed E-state index contributed by atoms with van der Waals surface area (Å²) in [7, 11) is 0. The fourth-order valence-corrected chi connectivity index (χ4v) is 3.57. The highest BCUT2D eigenvalue weighted by molar-refractivity contribution is 5.92. The van der Waals surface area contributed by atoms with Crippen LogP contribution in [0.4, 0.5) is 4.79 Å². The summed E-state index contributed by atoms with van der Waals surface area (Å²) in [6.45, 7) is 15.1. The Labute approximate surface area is 204 Å². The van der Waals surface area contributed by atoms with Crippen LogP contribution in [-0.4, -0.2) is 52.1 Å². The molecular weight excluding hydrogens is 434 g/mol. The number of benzene rings is 1. The summed E-state index contributed by atoms with van der Waals surface area (Å²) >= 11 is 0. The molecule has 0 aliphatic heterocycles. The molecule has 2 unspecified atom stereocenters. The number of alkyl carbamates (subject to hydrolysis) is 1. The molecular formula is C26H43N3O5. The van der Waals surface area contributed by atoms with Gasteiger partial charge < -0.3 is 25.4 Å². The number of unbranched alkanes of at least 4 members (excludes halogenated alkanes) is 1. The number of aromatic hydroxyl groups is 1. The van der Waals surface area contributed by atoms with Crippen molar-refractivity contribution in [3.63, 3.8) is 0 Å². The molecule has 0 aromatic heterocycles. The van der Waals surface area contributed by atoms with Crippen molar-refractivity contribution in [3.05, 3.63) is 29.8 Å². The van der Waals surface area contributed by atoms with Gasteiger partial charge in [0, 0.05) is 18.2 Å². The molecule has 0 heterocycles. The molecule has 3 amide bonds. The molecule has 0 saturated carbocycles. The number of hydrogen-bond acceptors (Lipinski definition) is 5. The van der Waals surface area contributed by atoms with E-state index in [9.17, 15) is 19.5 Å². The number of ether oxygens (including phenoxy) is 1. The Balaban J connectivity index is 3.46. The van der Waals surface area contributed by atoms with Gasteiger partial charge in [0.05, 0.1) is 0 Å². The van der Waals surface area contributed by atoms with Gasteiger partial charge in [-0.15, -0.1) is 0 Å². The third-order valence-electron chi connectivity index (χ3n) is 4.95. The van der Waals surface area contributed by atoms with Crippen molar-refractivity contribution in [2.24, 2.45) is 5.92 Å². The number of hydrogen-bond donors (Lipinski definition) is 3. The third-order valence-corrected chi connectivity index (χ3v) is 4.95. The summed E-state index contributed by atoms with van der Waals surface area (Å²) in [5, 5.41) is 16.2. The van der Waals surface area contributed by atoms with E-state index >= 15 is 0 Å². The van der Waals surface area contributed by atoms with Crippen molar-refractivity contribution in [2.45, 2.75) is 98.4 Å². The predicted molar refractivity (Wildman–Crippen MR) is 133 cm³/mol. The van der Waals surface area contributed by atoms with Crippen LogP contribution in [0.1, 0.15) is 86.3 Å². The van der Waals surface area contributed by atoms with Gasteiger partial charge in [0.2, 0.25) is 11.8 Å². The van der Waals surface area contributed by atoms with Crippen molar-refractivity contribution < 1.29 is 24.2 Å². The quantitative estimate of drug-likeness (QED) is 0.434. The van der Waals surface area contributed by atoms with E-state index in [4.69, 9.17) is 4.74 Å². The predicted octanol–water partition coefficient (Wildman–Crippen LogP) is 4.53. The molecule has 1 aromatic carbocycles. The maximum absolute atomic E-state index is 13.9. The minimum Gasteiger partial charge on any atom is -0.508 e. The second-order valence-electron chi connectivity index (χ2n) is 10.3. The summed E-state index contributed by atoms with van der Waals surface area (Å²) in [5.41, 5.74) is -0.377. The Hall–Kier alpha value is -2.77. The Morgan fingerprint density at radius 2 is 1.68 bits per heavy atom. The number of carbonyl (C=O) groups excluding carboxylic acids is 3. The topological polar surface area (TPSA) is 108 Å². The van der Waals surface area contributed by atoms with Crippen LogP contribution in [0, 0.1) is 5.92 Å². The van der Waals surface area contributed by atoms with Gasteiger partial charge in [-0.05, 0) is 59.4 Å². The van der Waals surface area contributed by atoms with E-state index < -0.39 is 23.8 Å². The van der Waals surface area contributed by atoms with E-state index in [-0.39, 0.29) is 29.5 Å². The molecule has 3 N–H and O–H groups in total. The smallest absolute Gasteiger partial charge is 0.408 e. The minimum absolute atomic E-state index is 0.0683. The number of phenols is 1. The molecule has 34 heavy (non-hydrogen) atoms. The van der Waals surface area contributed by atoms with Crippen LogP contribution in [0.5, 0.6) is 5.75 Å². The number of amides is 3. The Kier molecular flexibility index (Phi) is 11.4. The van der Waals surface area contributed by atoms with E-state index in [0.717, 1.165) is 6.42 Å². The van der Waals surface area contributed by atoms with E-state index in [0.29, 0.717) is 24.9 Å². The molecule has 1 aromatic rings. The maximum Gasteiger partial charge on any atom is 0.408 e. The zero-order chi connectivity index (χ0) is 26.1. The lowest BCUT2D eigenvalue weighted by atomic mass is 9.98. The lowest BCUT2D eigenvalue weighted by molar-refractivity contribution is -0.143. The van der Waals surface area contributed by atoms with E-state index in [2.05, 4.69) is 10.6 Å². The first-order valence-corrected chi connectivity index (χ1v) is 12.1. The fourth-order valence-electron chi connectivity index (χ4n) is 3.57. The number of rotatable bonds is 11. The highest BCUT2D eigenvalue weighted by atomic mass is 16.6. The van der Waals surface area contributed by atoms with E-state index in [1.54, 1.807) is 39.0 Å². The van der Waals surface area contributed by atoms with E-state index in [1.165, 1.54) is 11.0 Å². The zero-order valence-corrected chi connectivity index (χ0v) is 22.0. The molecule has 8 nitrogen and oxygen atoms in total.